The van der Waals surface area contributed by atoms with Crippen LogP contribution < -0.4 is 5.32 Å². The third kappa shape index (κ3) is 2.33. The highest BCUT2D eigenvalue weighted by Crippen LogP contribution is 2.28. The lowest BCUT2D eigenvalue weighted by Crippen LogP contribution is -2.10. The lowest BCUT2D eigenvalue weighted by Gasteiger charge is -2.13. The van der Waals surface area contributed by atoms with Gasteiger partial charge in [-0.1, -0.05) is 11.6 Å². The molecule has 0 bridgehead atoms. The van der Waals surface area contributed by atoms with Crippen LogP contribution >= 0.6 is 11.6 Å². The van der Waals surface area contributed by atoms with Crippen LogP contribution in [0.5, 0.6) is 0 Å². The smallest absolute Gasteiger partial charge is 0.131 e. The molecule has 2 rings (SSSR count). The zero-order chi connectivity index (χ0) is 11.5. The van der Waals surface area contributed by atoms with Crippen LogP contribution in [0.4, 0.5) is 5.69 Å². The van der Waals surface area contributed by atoms with E-state index in [2.05, 4.69) is 34.3 Å². The SMILES string of the molecule is CC(C)Nc1cc(Cl)ncc1-c1cn[nH]c1. The summed E-state index contributed by atoms with van der Waals surface area (Å²) in [6, 6.07) is 2.16. The zero-order valence-electron chi connectivity index (χ0n) is 9.16. The Balaban J connectivity index is 2.44. The average molecular weight is 237 g/mol. The number of hydrogen-bond donors (Lipinski definition) is 2. The fraction of sp³-hybridized carbons (Fsp3) is 0.273. The number of nitrogens with one attached hydrogen (secondary N) is 2. The van der Waals surface area contributed by atoms with Crippen molar-refractivity contribution < 1.29 is 0 Å². The van der Waals surface area contributed by atoms with Crippen LogP contribution in [0, 0.1) is 0 Å². The molecule has 0 fully saturated rings. The first-order chi connectivity index (χ1) is 7.66. The van der Waals surface area contributed by atoms with E-state index in [9.17, 15) is 0 Å². The number of H-pyrrole nitrogens is 1. The van der Waals surface area contributed by atoms with Gasteiger partial charge in [-0.05, 0) is 19.9 Å². The van der Waals surface area contributed by atoms with Gasteiger partial charge in [-0.3, -0.25) is 5.10 Å². The number of pyridine rings is 1. The lowest BCUT2D eigenvalue weighted by atomic mass is 10.1. The molecule has 2 heterocycles. The molecule has 0 saturated heterocycles. The summed E-state index contributed by atoms with van der Waals surface area (Å²) >= 11 is 5.89. The van der Waals surface area contributed by atoms with Crippen molar-refractivity contribution in [1.82, 2.24) is 15.2 Å². The van der Waals surface area contributed by atoms with Crippen LogP contribution in [0.1, 0.15) is 13.8 Å². The fourth-order valence-electron chi connectivity index (χ4n) is 1.49. The van der Waals surface area contributed by atoms with E-state index in [1.165, 1.54) is 0 Å². The fourth-order valence-corrected chi connectivity index (χ4v) is 1.65. The predicted octanol–water partition coefficient (Wildman–Crippen LogP) is 2.95. The maximum atomic E-state index is 5.89. The molecule has 16 heavy (non-hydrogen) atoms. The topological polar surface area (TPSA) is 53.6 Å². The molecule has 0 aliphatic heterocycles. The second-order valence-electron chi connectivity index (χ2n) is 3.84. The van der Waals surface area contributed by atoms with E-state index in [0.717, 1.165) is 16.8 Å². The monoisotopic (exact) mass is 236 g/mol. The van der Waals surface area contributed by atoms with Crippen LogP contribution in [-0.4, -0.2) is 21.2 Å². The lowest BCUT2D eigenvalue weighted by molar-refractivity contribution is 0.899. The molecule has 0 radical (unpaired) electrons. The second kappa shape index (κ2) is 4.53. The Labute approximate surface area is 99.1 Å². The molecule has 2 aromatic heterocycles. The van der Waals surface area contributed by atoms with Crippen LogP contribution in [0.15, 0.2) is 24.7 Å². The van der Waals surface area contributed by atoms with Crippen molar-refractivity contribution in [2.24, 2.45) is 0 Å². The number of aromatic amines is 1. The minimum atomic E-state index is 0.337. The first-order valence-electron chi connectivity index (χ1n) is 5.08. The summed E-state index contributed by atoms with van der Waals surface area (Å²) in [5.41, 5.74) is 2.95. The van der Waals surface area contributed by atoms with Gasteiger partial charge in [0.1, 0.15) is 5.15 Å². The van der Waals surface area contributed by atoms with Gasteiger partial charge in [0.2, 0.25) is 0 Å². The quantitative estimate of drug-likeness (QED) is 0.806. The van der Waals surface area contributed by atoms with Crippen LogP contribution in [0.3, 0.4) is 0 Å². The van der Waals surface area contributed by atoms with E-state index in [4.69, 9.17) is 11.6 Å². The molecule has 0 aliphatic carbocycles. The van der Waals surface area contributed by atoms with Gasteiger partial charge in [0.25, 0.3) is 0 Å². The normalized spacial score (nSPS) is 10.8. The molecule has 5 heteroatoms. The first-order valence-corrected chi connectivity index (χ1v) is 5.46. The summed E-state index contributed by atoms with van der Waals surface area (Å²) in [6.07, 6.45) is 5.34. The number of anilines is 1. The highest BCUT2D eigenvalue weighted by atomic mass is 35.5. The molecular formula is C11H13ClN4. The molecule has 2 aromatic rings. The summed E-state index contributed by atoms with van der Waals surface area (Å²) in [5, 5.41) is 10.5. The van der Waals surface area contributed by atoms with Crippen molar-refractivity contribution in [3.8, 4) is 11.1 Å². The first kappa shape index (κ1) is 11.0. The van der Waals surface area contributed by atoms with Gasteiger partial charge in [-0.25, -0.2) is 4.98 Å². The molecule has 0 saturated carbocycles. The van der Waals surface area contributed by atoms with Crippen molar-refractivity contribution in [3.05, 3.63) is 29.8 Å². The summed E-state index contributed by atoms with van der Waals surface area (Å²) in [4.78, 5) is 4.09. The van der Waals surface area contributed by atoms with Crippen molar-refractivity contribution in [3.63, 3.8) is 0 Å². The molecule has 0 amide bonds. The van der Waals surface area contributed by atoms with E-state index in [1.54, 1.807) is 12.4 Å². The predicted molar refractivity (Wildman–Crippen MR) is 65.6 cm³/mol. The van der Waals surface area contributed by atoms with Crippen molar-refractivity contribution in [2.75, 3.05) is 5.32 Å². The van der Waals surface area contributed by atoms with E-state index >= 15 is 0 Å². The van der Waals surface area contributed by atoms with Gasteiger partial charge in [-0.15, -0.1) is 0 Å². The van der Waals surface area contributed by atoms with Gasteiger partial charge in [-0.2, -0.15) is 5.10 Å². The molecule has 0 aliphatic rings. The zero-order valence-corrected chi connectivity index (χ0v) is 9.92. The Morgan fingerprint density at radius 2 is 2.19 bits per heavy atom. The Bertz CT molecular complexity index is 465. The Kier molecular flexibility index (Phi) is 3.10. The van der Waals surface area contributed by atoms with Crippen molar-refractivity contribution in [1.29, 1.82) is 0 Å². The summed E-state index contributed by atoms with van der Waals surface area (Å²) in [6.45, 7) is 4.15. The molecule has 2 N–H and O–H groups in total. The number of hydrogen-bond acceptors (Lipinski definition) is 3. The molecule has 0 unspecified atom stereocenters. The van der Waals surface area contributed by atoms with Gasteiger partial charge >= 0.3 is 0 Å². The summed E-state index contributed by atoms with van der Waals surface area (Å²) in [5.74, 6) is 0. The van der Waals surface area contributed by atoms with E-state index < -0.39 is 0 Å². The van der Waals surface area contributed by atoms with E-state index in [0.29, 0.717) is 11.2 Å². The Hall–Kier alpha value is -1.55. The molecule has 0 spiro atoms. The largest absolute Gasteiger partial charge is 0.382 e. The summed E-state index contributed by atoms with van der Waals surface area (Å²) < 4.78 is 0. The minimum Gasteiger partial charge on any atom is -0.382 e. The third-order valence-electron chi connectivity index (χ3n) is 2.12. The standard InChI is InChI=1S/C11H13ClN4/c1-7(2)16-10-3-11(12)13-6-9(10)8-4-14-15-5-8/h3-7H,1-2H3,(H,13,16)(H,14,15). The van der Waals surface area contributed by atoms with E-state index in [1.807, 2.05) is 12.3 Å². The van der Waals surface area contributed by atoms with E-state index in [-0.39, 0.29) is 0 Å². The maximum Gasteiger partial charge on any atom is 0.131 e. The third-order valence-corrected chi connectivity index (χ3v) is 2.33. The minimum absolute atomic E-state index is 0.337. The van der Waals surface area contributed by atoms with Crippen LogP contribution in [-0.2, 0) is 0 Å². The highest BCUT2D eigenvalue weighted by Gasteiger charge is 2.08. The maximum absolute atomic E-state index is 5.89. The van der Waals surface area contributed by atoms with Crippen LogP contribution in [0.25, 0.3) is 11.1 Å². The number of aromatic nitrogens is 3. The summed E-state index contributed by atoms with van der Waals surface area (Å²) in [7, 11) is 0. The number of rotatable bonds is 3. The van der Waals surface area contributed by atoms with Crippen molar-refractivity contribution >= 4 is 17.3 Å². The van der Waals surface area contributed by atoms with Gasteiger partial charge < -0.3 is 5.32 Å². The molecule has 84 valence electrons. The number of nitrogens with zero attached hydrogens (tertiary/aromatic N) is 2. The average Bonchev–Trinajstić information content (AvgIpc) is 2.69. The van der Waals surface area contributed by atoms with Crippen LogP contribution in [0.2, 0.25) is 5.15 Å². The van der Waals surface area contributed by atoms with Gasteiger partial charge in [0.15, 0.2) is 0 Å². The van der Waals surface area contributed by atoms with Gasteiger partial charge in [0.05, 0.1) is 6.20 Å². The second-order valence-corrected chi connectivity index (χ2v) is 4.23. The Morgan fingerprint density at radius 1 is 1.38 bits per heavy atom. The molecule has 4 nitrogen and oxygen atoms in total. The number of halogens is 1. The van der Waals surface area contributed by atoms with Gasteiger partial charge in [0, 0.05) is 35.2 Å². The molecular weight excluding hydrogens is 224 g/mol. The van der Waals surface area contributed by atoms with Crippen molar-refractivity contribution in [2.45, 2.75) is 19.9 Å². The Morgan fingerprint density at radius 3 is 2.81 bits per heavy atom. The highest BCUT2D eigenvalue weighted by molar-refractivity contribution is 6.29. The molecule has 0 aromatic carbocycles. The molecule has 0 atom stereocenters.